The summed E-state index contributed by atoms with van der Waals surface area (Å²) in [6.07, 6.45) is 0.772. The van der Waals surface area contributed by atoms with Crippen LogP contribution >= 0.6 is 0 Å². The van der Waals surface area contributed by atoms with Crippen molar-refractivity contribution in [1.29, 1.82) is 0 Å². The lowest BCUT2D eigenvalue weighted by Gasteiger charge is -2.20. The van der Waals surface area contributed by atoms with E-state index in [-0.39, 0.29) is 29.8 Å². The van der Waals surface area contributed by atoms with Crippen LogP contribution < -0.4 is 10.9 Å². The van der Waals surface area contributed by atoms with Crippen LogP contribution in [0, 0.1) is 5.92 Å². The molecule has 1 amide bonds. The predicted octanol–water partition coefficient (Wildman–Crippen LogP) is 2.96. The highest BCUT2D eigenvalue weighted by Crippen LogP contribution is 2.22. The van der Waals surface area contributed by atoms with Gasteiger partial charge in [-0.2, -0.15) is 0 Å². The number of amides is 1. The fourth-order valence-electron chi connectivity index (χ4n) is 3.48. The molecule has 0 spiro atoms. The summed E-state index contributed by atoms with van der Waals surface area (Å²) < 4.78 is 1.31. The molecule has 1 unspecified atom stereocenters. The van der Waals surface area contributed by atoms with Gasteiger partial charge in [-0.25, -0.2) is 9.67 Å². The standard InChI is InChI=1S/C22H24N6O2/c1-14(2)20(21-23-17-10-5-6-11-18(17)24-21)25-19(29)12-7-13-28-22(30)15-8-3-4-9-16(15)26-27-28/h3-6,8-11,14,20H,7,12-13H2,1-2H3,(H,23,24)(H,25,29). The first-order valence-electron chi connectivity index (χ1n) is 10.1. The van der Waals surface area contributed by atoms with Gasteiger partial charge in [0.15, 0.2) is 0 Å². The zero-order valence-corrected chi connectivity index (χ0v) is 17.0. The summed E-state index contributed by atoms with van der Waals surface area (Å²) in [6.45, 7) is 4.42. The maximum Gasteiger partial charge on any atom is 0.277 e. The number of hydrogen-bond donors (Lipinski definition) is 2. The molecule has 4 aromatic rings. The van der Waals surface area contributed by atoms with Gasteiger partial charge >= 0.3 is 0 Å². The van der Waals surface area contributed by atoms with E-state index in [0.29, 0.717) is 23.9 Å². The van der Waals surface area contributed by atoms with Crippen LogP contribution in [0.25, 0.3) is 21.9 Å². The van der Waals surface area contributed by atoms with Gasteiger partial charge in [0.05, 0.1) is 22.5 Å². The number of nitrogens with zero attached hydrogens (tertiary/aromatic N) is 4. The molecule has 154 valence electrons. The first kappa shape index (κ1) is 19.8. The number of aromatic amines is 1. The van der Waals surface area contributed by atoms with Crippen molar-refractivity contribution in [2.24, 2.45) is 5.92 Å². The largest absolute Gasteiger partial charge is 0.346 e. The third kappa shape index (κ3) is 4.07. The van der Waals surface area contributed by atoms with Crippen molar-refractivity contribution in [3.63, 3.8) is 0 Å². The Bertz CT molecular complexity index is 1210. The molecule has 0 saturated heterocycles. The average Bonchev–Trinajstić information content (AvgIpc) is 3.17. The monoisotopic (exact) mass is 404 g/mol. The molecule has 0 bridgehead atoms. The Morgan fingerprint density at radius 3 is 2.60 bits per heavy atom. The van der Waals surface area contributed by atoms with Crippen LogP contribution in [-0.2, 0) is 11.3 Å². The van der Waals surface area contributed by atoms with E-state index in [1.807, 2.05) is 44.2 Å². The van der Waals surface area contributed by atoms with Gasteiger partial charge in [0.2, 0.25) is 5.91 Å². The topological polar surface area (TPSA) is 106 Å². The second kappa shape index (κ2) is 8.44. The summed E-state index contributed by atoms with van der Waals surface area (Å²) in [5, 5.41) is 11.6. The van der Waals surface area contributed by atoms with E-state index < -0.39 is 0 Å². The number of H-pyrrole nitrogens is 1. The van der Waals surface area contributed by atoms with E-state index in [1.54, 1.807) is 18.2 Å². The number of benzene rings is 2. The average molecular weight is 404 g/mol. The zero-order valence-electron chi connectivity index (χ0n) is 17.0. The molecule has 1 atom stereocenters. The van der Waals surface area contributed by atoms with Crippen molar-refractivity contribution >= 4 is 27.8 Å². The molecule has 8 heteroatoms. The normalized spacial score (nSPS) is 12.5. The second-order valence-corrected chi connectivity index (χ2v) is 7.67. The summed E-state index contributed by atoms with van der Waals surface area (Å²) in [6, 6.07) is 14.7. The van der Waals surface area contributed by atoms with Crippen molar-refractivity contribution in [3.8, 4) is 0 Å². The molecule has 2 N–H and O–H groups in total. The maximum atomic E-state index is 12.6. The Hall–Kier alpha value is -3.55. The summed E-state index contributed by atoms with van der Waals surface area (Å²) in [7, 11) is 0. The highest BCUT2D eigenvalue weighted by Gasteiger charge is 2.21. The number of carbonyl (C=O) groups excluding carboxylic acids is 1. The van der Waals surface area contributed by atoms with Crippen LogP contribution in [0.3, 0.4) is 0 Å². The van der Waals surface area contributed by atoms with Crippen molar-refractivity contribution in [3.05, 3.63) is 64.7 Å². The van der Waals surface area contributed by atoms with Crippen molar-refractivity contribution in [1.82, 2.24) is 30.3 Å². The number of aromatic nitrogens is 5. The molecule has 8 nitrogen and oxygen atoms in total. The number of rotatable bonds is 7. The van der Waals surface area contributed by atoms with E-state index in [2.05, 4.69) is 25.6 Å². The molecule has 0 fully saturated rings. The number of carbonyl (C=O) groups is 1. The molecule has 0 aliphatic heterocycles. The molecule has 2 heterocycles. The quantitative estimate of drug-likeness (QED) is 0.493. The molecule has 0 aliphatic carbocycles. The number of aryl methyl sites for hydroxylation is 1. The van der Waals surface area contributed by atoms with Crippen molar-refractivity contribution < 1.29 is 4.79 Å². The molecule has 4 rings (SSSR count). The molecule has 2 aromatic carbocycles. The Morgan fingerprint density at radius 1 is 1.10 bits per heavy atom. The fourth-order valence-corrected chi connectivity index (χ4v) is 3.48. The van der Waals surface area contributed by atoms with Crippen LogP contribution in [0.15, 0.2) is 53.3 Å². The van der Waals surface area contributed by atoms with Gasteiger partial charge < -0.3 is 10.3 Å². The minimum atomic E-state index is -0.215. The van der Waals surface area contributed by atoms with E-state index in [0.717, 1.165) is 16.9 Å². The SMILES string of the molecule is CC(C)C(NC(=O)CCCn1nnc2ccccc2c1=O)c1nc2ccccc2[nH]1. The Kier molecular flexibility index (Phi) is 5.56. The first-order chi connectivity index (χ1) is 14.5. The number of imidazole rings is 1. The van der Waals surface area contributed by atoms with E-state index in [4.69, 9.17) is 0 Å². The highest BCUT2D eigenvalue weighted by molar-refractivity contribution is 5.78. The lowest BCUT2D eigenvalue weighted by Crippen LogP contribution is -2.33. The predicted molar refractivity (Wildman–Crippen MR) is 115 cm³/mol. The van der Waals surface area contributed by atoms with Gasteiger partial charge in [-0.15, -0.1) is 5.10 Å². The molecular formula is C22H24N6O2. The Morgan fingerprint density at radius 2 is 1.83 bits per heavy atom. The number of hydrogen-bond acceptors (Lipinski definition) is 5. The molecule has 30 heavy (non-hydrogen) atoms. The van der Waals surface area contributed by atoms with Crippen LogP contribution in [0.1, 0.15) is 38.6 Å². The maximum absolute atomic E-state index is 12.6. The van der Waals surface area contributed by atoms with Gasteiger partial charge in [-0.3, -0.25) is 9.59 Å². The zero-order chi connectivity index (χ0) is 21.1. The number of nitrogens with one attached hydrogen (secondary N) is 2. The van der Waals surface area contributed by atoms with Gasteiger partial charge in [0.25, 0.3) is 5.56 Å². The lowest BCUT2D eigenvalue weighted by molar-refractivity contribution is -0.122. The summed E-state index contributed by atoms with van der Waals surface area (Å²) in [5.41, 5.74) is 2.20. The summed E-state index contributed by atoms with van der Waals surface area (Å²) >= 11 is 0. The third-order valence-electron chi connectivity index (χ3n) is 5.09. The van der Waals surface area contributed by atoms with Crippen molar-refractivity contribution in [2.75, 3.05) is 0 Å². The lowest BCUT2D eigenvalue weighted by atomic mass is 10.0. The minimum absolute atomic E-state index is 0.0871. The third-order valence-corrected chi connectivity index (χ3v) is 5.09. The van der Waals surface area contributed by atoms with E-state index in [9.17, 15) is 9.59 Å². The highest BCUT2D eigenvalue weighted by atomic mass is 16.1. The van der Waals surface area contributed by atoms with E-state index >= 15 is 0 Å². The Labute approximate surface area is 173 Å². The van der Waals surface area contributed by atoms with E-state index in [1.165, 1.54) is 4.68 Å². The smallest absolute Gasteiger partial charge is 0.277 e. The van der Waals surface area contributed by atoms with Gasteiger partial charge in [-0.05, 0) is 36.6 Å². The number of fused-ring (bicyclic) bond motifs is 2. The summed E-state index contributed by atoms with van der Waals surface area (Å²) in [5.74, 6) is 0.829. The molecule has 2 aromatic heterocycles. The Balaban J connectivity index is 1.40. The van der Waals surface area contributed by atoms with Crippen molar-refractivity contribution in [2.45, 2.75) is 39.3 Å². The summed E-state index contributed by atoms with van der Waals surface area (Å²) in [4.78, 5) is 33.0. The molecule has 0 aliphatic rings. The first-order valence-corrected chi connectivity index (χ1v) is 10.1. The van der Waals surface area contributed by atoms with Gasteiger partial charge in [0.1, 0.15) is 11.3 Å². The second-order valence-electron chi connectivity index (χ2n) is 7.67. The molecular weight excluding hydrogens is 380 g/mol. The van der Waals surface area contributed by atoms with Crippen LogP contribution in [0.4, 0.5) is 0 Å². The fraction of sp³-hybridized carbons (Fsp3) is 0.318. The van der Waals surface area contributed by atoms with Crippen LogP contribution in [0.5, 0.6) is 0 Å². The number of para-hydroxylation sites is 2. The molecule has 0 radical (unpaired) electrons. The van der Waals surface area contributed by atoms with Gasteiger partial charge in [0, 0.05) is 13.0 Å². The van der Waals surface area contributed by atoms with Crippen LogP contribution in [0.2, 0.25) is 0 Å². The van der Waals surface area contributed by atoms with Gasteiger partial charge in [-0.1, -0.05) is 43.3 Å². The van der Waals surface area contributed by atoms with Crippen LogP contribution in [-0.4, -0.2) is 30.9 Å². The minimum Gasteiger partial charge on any atom is -0.346 e. The molecule has 0 saturated carbocycles.